The molecule has 0 bridgehead atoms. The summed E-state index contributed by atoms with van der Waals surface area (Å²) < 4.78 is 0. The largest absolute Gasteiger partial charge is 0.314 e. The van der Waals surface area contributed by atoms with Crippen LogP contribution in [0.2, 0.25) is 0 Å². The van der Waals surface area contributed by atoms with E-state index in [0.717, 1.165) is 11.8 Å². The standard InChI is InChI=1S/C16H33N/c1-6-7-8-14-11-16(4,5)10-9-15(14)12-17-13(2)3/h13-15,17H,6-12H2,1-5H3. The zero-order valence-electron chi connectivity index (χ0n) is 12.7. The summed E-state index contributed by atoms with van der Waals surface area (Å²) in [5.74, 6) is 1.89. The van der Waals surface area contributed by atoms with Gasteiger partial charge in [-0.25, -0.2) is 0 Å². The first-order valence-corrected chi connectivity index (χ1v) is 7.68. The van der Waals surface area contributed by atoms with E-state index >= 15 is 0 Å². The van der Waals surface area contributed by atoms with Gasteiger partial charge in [-0.15, -0.1) is 0 Å². The second kappa shape index (κ2) is 6.78. The molecule has 0 aromatic carbocycles. The molecule has 0 amide bonds. The Morgan fingerprint density at radius 2 is 1.94 bits per heavy atom. The summed E-state index contributed by atoms with van der Waals surface area (Å²) >= 11 is 0. The molecule has 1 aliphatic rings. The van der Waals surface area contributed by atoms with Crippen LogP contribution in [0.25, 0.3) is 0 Å². The number of rotatable bonds is 6. The van der Waals surface area contributed by atoms with Gasteiger partial charge in [-0.1, -0.05) is 53.9 Å². The van der Waals surface area contributed by atoms with Gasteiger partial charge < -0.3 is 5.32 Å². The van der Waals surface area contributed by atoms with E-state index in [1.54, 1.807) is 0 Å². The smallest absolute Gasteiger partial charge is 0.00104 e. The first-order valence-electron chi connectivity index (χ1n) is 7.68. The summed E-state index contributed by atoms with van der Waals surface area (Å²) in [5, 5.41) is 3.65. The van der Waals surface area contributed by atoms with Gasteiger partial charge in [-0.05, 0) is 43.1 Å². The van der Waals surface area contributed by atoms with Crippen molar-refractivity contribution in [2.45, 2.75) is 79.2 Å². The predicted octanol–water partition coefficient (Wildman–Crippen LogP) is 4.62. The third-order valence-electron chi connectivity index (χ3n) is 4.39. The van der Waals surface area contributed by atoms with E-state index in [2.05, 4.69) is 39.9 Å². The van der Waals surface area contributed by atoms with Crippen molar-refractivity contribution < 1.29 is 0 Å². The van der Waals surface area contributed by atoms with Crippen molar-refractivity contribution in [1.29, 1.82) is 0 Å². The molecule has 17 heavy (non-hydrogen) atoms. The molecule has 0 aromatic heterocycles. The van der Waals surface area contributed by atoms with E-state index in [-0.39, 0.29) is 0 Å². The number of unbranched alkanes of at least 4 members (excludes halogenated alkanes) is 1. The first-order chi connectivity index (χ1) is 7.94. The fourth-order valence-corrected chi connectivity index (χ4v) is 3.25. The average Bonchev–Trinajstić information content (AvgIpc) is 2.24. The van der Waals surface area contributed by atoms with E-state index in [4.69, 9.17) is 0 Å². The molecule has 102 valence electrons. The fraction of sp³-hybridized carbons (Fsp3) is 1.00. The highest BCUT2D eigenvalue weighted by atomic mass is 14.9. The third-order valence-corrected chi connectivity index (χ3v) is 4.39. The first kappa shape index (κ1) is 15.0. The fourth-order valence-electron chi connectivity index (χ4n) is 3.25. The topological polar surface area (TPSA) is 12.0 Å². The van der Waals surface area contributed by atoms with Crippen LogP contribution in [0.1, 0.15) is 73.1 Å². The summed E-state index contributed by atoms with van der Waals surface area (Å²) in [4.78, 5) is 0. The molecule has 0 radical (unpaired) electrons. The van der Waals surface area contributed by atoms with Gasteiger partial charge >= 0.3 is 0 Å². The number of hydrogen-bond donors (Lipinski definition) is 1. The summed E-state index contributed by atoms with van der Waals surface area (Å²) in [5.41, 5.74) is 0.590. The van der Waals surface area contributed by atoms with Crippen LogP contribution < -0.4 is 5.32 Å². The van der Waals surface area contributed by atoms with E-state index in [0.29, 0.717) is 11.5 Å². The van der Waals surface area contributed by atoms with E-state index in [9.17, 15) is 0 Å². The lowest BCUT2D eigenvalue weighted by Crippen LogP contribution is -2.38. The molecule has 0 spiro atoms. The van der Waals surface area contributed by atoms with Crippen LogP contribution in [0.5, 0.6) is 0 Å². The Hall–Kier alpha value is -0.0400. The molecule has 0 saturated heterocycles. The van der Waals surface area contributed by atoms with Gasteiger partial charge in [0.15, 0.2) is 0 Å². The number of nitrogens with one attached hydrogen (secondary N) is 1. The molecule has 1 rings (SSSR count). The lowest BCUT2D eigenvalue weighted by atomic mass is 9.66. The van der Waals surface area contributed by atoms with Crippen molar-refractivity contribution in [2.75, 3.05) is 6.54 Å². The lowest BCUT2D eigenvalue weighted by molar-refractivity contribution is 0.107. The van der Waals surface area contributed by atoms with Crippen molar-refractivity contribution in [3.05, 3.63) is 0 Å². The molecule has 1 fully saturated rings. The van der Waals surface area contributed by atoms with Crippen LogP contribution in [-0.2, 0) is 0 Å². The van der Waals surface area contributed by atoms with E-state index < -0.39 is 0 Å². The maximum absolute atomic E-state index is 3.65. The van der Waals surface area contributed by atoms with Gasteiger partial charge in [0.05, 0.1) is 0 Å². The molecule has 0 aromatic rings. The molecule has 2 unspecified atom stereocenters. The molecule has 2 atom stereocenters. The van der Waals surface area contributed by atoms with Gasteiger partial charge in [-0.2, -0.15) is 0 Å². The average molecular weight is 239 g/mol. The van der Waals surface area contributed by atoms with Crippen molar-refractivity contribution in [2.24, 2.45) is 17.3 Å². The van der Waals surface area contributed by atoms with Gasteiger partial charge in [0, 0.05) is 6.04 Å². The summed E-state index contributed by atoms with van der Waals surface area (Å²) in [6, 6.07) is 0.636. The van der Waals surface area contributed by atoms with Crippen LogP contribution >= 0.6 is 0 Å². The Balaban J connectivity index is 2.48. The Morgan fingerprint density at radius 3 is 2.53 bits per heavy atom. The SMILES string of the molecule is CCCCC1CC(C)(C)CCC1CNC(C)C. The maximum Gasteiger partial charge on any atom is 0.00104 e. The van der Waals surface area contributed by atoms with Gasteiger partial charge in [-0.3, -0.25) is 0 Å². The van der Waals surface area contributed by atoms with Crippen LogP contribution in [0, 0.1) is 17.3 Å². The highest BCUT2D eigenvalue weighted by Gasteiger charge is 2.34. The second-order valence-corrected chi connectivity index (χ2v) is 7.13. The van der Waals surface area contributed by atoms with Crippen molar-refractivity contribution in [3.8, 4) is 0 Å². The van der Waals surface area contributed by atoms with Crippen molar-refractivity contribution in [3.63, 3.8) is 0 Å². The minimum atomic E-state index is 0.590. The van der Waals surface area contributed by atoms with Crippen LogP contribution in [-0.4, -0.2) is 12.6 Å². The molecule has 1 aliphatic carbocycles. The van der Waals surface area contributed by atoms with Gasteiger partial charge in [0.1, 0.15) is 0 Å². The molecule has 1 nitrogen and oxygen atoms in total. The van der Waals surface area contributed by atoms with Crippen molar-refractivity contribution in [1.82, 2.24) is 5.32 Å². The lowest BCUT2D eigenvalue weighted by Gasteiger charge is -2.41. The van der Waals surface area contributed by atoms with Crippen LogP contribution in [0.15, 0.2) is 0 Å². The Bertz CT molecular complexity index is 206. The highest BCUT2D eigenvalue weighted by Crippen LogP contribution is 2.43. The molecular weight excluding hydrogens is 206 g/mol. The molecule has 1 N–H and O–H groups in total. The molecule has 0 aliphatic heterocycles. The predicted molar refractivity (Wildman–Crippen MR) is 77.3 cm³/mol. The maximum atomic E-state index is 3.65. The Kier molecular flexibility index (Phi) is 5.99. The molecule has 1 heteroatoms. The molecular formula is C16H33N. The van der Waals surface area contributed by atoms with Gasteiger partial charge in [0.25, 0.3) is 0 Å². The third kappa shape index (κ3) is 5.42. The van der Waals surface area contributed by atoms with E-state index in [1.165, 1.54) is 45.1 Å². The summed E-state index contributed by atoms with van der Waals surface area (Å²) in [7, 11) is 0. The molecule has 1 saturated carbocycles. The Labute approximate surface area is 109 Å². The Morgan fingerprint density at radius 1 is 1.24 bits per heavy atom. The second-order valence-electron chi connectivity index (χ2n) is 7.13. The summed E-state index contributed by atoms with van der Waals surface area (Å²) in [6.45, 7) is 13.0. The number of hydrogen-bond acceptors (Lipinski definition) is 1. The quantitative estimate of drug-likeness (QED) is 0.713. The van der Waals surface area contributed by atoms with Crippen molar-refractivity contribution >= 4 is 0 Å². The molecule has 0 heterocycles. The summed E-state index contributed by atoms with van der Waals surface area (Å²) in [6.07, 6.45) is 8.50. The zero-order chi connectivity index (χ0) is 12.9. The van der Waals surface area contributed by atoms with Crippen LogP contribution in [0.3, 0.4) is 0 Å². The minimum absolute atomic E-state index is 0.590. The minimum Gasteiger partial charge on any atom is -0.314 e. The monoisotopic (exact) mass is 239 g/mol. The van der Waals surface area contributed by atoms with Gasteiger partial charge in [0.2, 0.25) is 0 Å². The van der Waals surface area contributed by atoms with E-state index in [1.807, 2.05) is 0 Å². The highest BCUT2D eigenvalue weighted by molar-refractivity contribution is 4.86. The normalized spacial score (nSPS) is 28.6. The zero-order valence-corrected chi connectivity index (χ0v) is 12.7. The van der Waals surface area contributed by atoms with Crippen LogP contribution in [0.4, 0.5) is 0 Å².